The van der Waals surface area contributed by atoms with Crippen molar-refractivity contribution in [2.24, 2.45) is 0 Å². The topological polar surface area (TPSA) is 69.0 Å². The number of ether oxygens (including phenoxy) is 1. The summed E-state index contributed by atoms with van der Waals surface area (Å²) in [5.41, 5.74) is 0.722. The van der Waals surface area contributed by atoms with E-state index >= 15 is 0 Å². The first kappa shape index (κ1) is 20.2. The van der Waals surface area contributed by atoms with Gasteiger partial charge in [-0.25, -0.2) is 0 Å². The molecule has 0 atom stereocenters. The quantitative estimate of drug-likeness (QED) is 0.370. The normalized spacial score (nSPS) is 10.7. The lowest BCUT2D eigenvalue weighted by molar-refractivity contribution is -0.113. The van der Waals surface area contributed by atoms with E-state index in [1.165, 1.54) is 16.6 Å². The molecule has 0 bridgehead atoms. The number of carbonyl (C=O) groups is 1. The van der Waals surface area contributed by atoms with Crippen molar-refractivity contribution in [3.8, 4) is 11.5 Å². The molecule has 0 radical (unpaired) electrons. The molecule has 2 aromatic carbocycles. The van der Waals surface area contributed by atoms with Gasteiger partial charge in [-0.3, -0.25) is 4.79 Å². The van der Waals surface area contributed by atoms with Crippen LogP contribution < -0.4 is 10.1 Å². The van der Waals surface area contributed by atoms with Gasteiger partial charge in [0.1, 0.15) is 17.8 Å². The lowest BCUT2D eigenvalue weighted by Crippen LogP contribution is -2.14. The third-order valence-electron chi connectivity index (χ3n) is 4.21. The van der Waals surface area contributed by atoms with Crippen molar-refractivity contribution < 1.29 is 9.53 Å². The molecule has 0 saturated heterocycles. The van der Waals surface area contributed by atoms with E-state index in [4.69, 9.17) is 4.74 Å². The largest absolute Gasteiger partial charge is 0.457 e. The van der Waals surface area contributed by atoms with Gasteiger partial charge in [-0.1, -0.05) is 36.0 Å². The van der Waals surface area contributed by atoms with Gasteiger partial charge in [0, 0.05) is 17.1 Å². The third kappa shape index (κ3) is 5.71. The van der Waals surface area contributed by atoms with Crippen molar-refractivity contribution in [1.29, 1.82) is 0 Å². The number of aromatic nitrogens is 3. The number of thiophene rings is 1. The summed E-state index contributed by atoms with van der Waals surface area (Å²) in [6, 6.07) is 21.0. The Kier molecular flexibility index (Phi) is 6.79. The van der Waals surface area contributed by atoms with Crippen LogP contribution in [-0.4, -0.2) is 26.4 Å². The first-order chi connectivity index (χ1) is 14.8. The lowest BCUT2D eigenvalue weighted by Gasteiger charge is -2.08. The predicted octanol–water partition coefficient (Wildman–Crippen LogP) is 5.11. The SMILES string of the molecule is O=C(CSc1nncn1CCc1cccs1)Nc1ccc(Oc2ccccc2)cc1. The molecule has 0 spiro atoms. The van der Waals surface area contributed by atoms with Gasteiger partial charge in [0.15, 0.2) is 5.16 Å². The number of nitrogens with zero attached hydrogens (tertiary/aromatic N) is 3. The summed E-state index contributed by atoms with van der Waals surface area (Å²) >= 11 is 3.12. The number of anilines is 1. The number of carbonyl (C=O) groups excluding carboxylic acids is 1. The zero-order valence-corrected chi connectivity index (χ0v) is 17.7. The first-order valence-corrected chi connectivity index (χ1v) is 11.3. The van der Waals surface area contributed by atoms with Crippen molar-refractivity contribution in [2.75, 3.05) is 11.1 Å². The van der Waals surface area contributed by atoms with E-state index in [1.54, 1.807) is 17.7 Å². The van der Waals surface area contributed by atoms with Crippen LogP contribution in [0, 0.1) is 0 Å². The van der Waals surface area contributed by atoms with Crippen LogP contribution in [0.25, 0.3) is 0 Å². The van der Waals surface area contributed by atoms with Crippen LogP contribution in [0.4, 0.5) is 5.69 Å². The molecule has 0 aliphatic carbocycles. The smallest absolute Gasteiger partial charge is 0.234 e. The molecule has 2 aromatic heterocycles. The Hall–Kier alpha value is -3.10. The second-order valence-electron chi connectivity index (χ2n) is 6.41. The van der Waals surface area contributed by atoms with Gasteiger partial charge >= 0.3 is 0 Å². The number of para-hydroxylation sites is 1. The second kappa shape index (κ2) is 10.1. The van der Waals surface area contributed by atoms with Crippen molar-refractivity contribution in [2.45, 2.75) is 18.1 Å². The molecule has 30 heavy (non-hydrogen) atoms. The summed E-state index contributed by atoms with van der Waals surface area (Å²) in [6.07, 6.45) is 2.63. The highest BCUT2D eigenvalue weighted by Crippen LogP contribution is 2.23. The van der Waals surface area contributed by atoms with E-state index < -0.39 is 0 Å². The van der Waals surface area contributed by atoms with Crippen molar-refractivity contribution in [3.05, 3.63) is 83.3 Å². The third-order valence-corrected chi connectivity index (χ3v) is 6.13. The Morgan fingerprint density at radius 3 is 2.60 bits per heavy atom. The molecular formula is C22H20N4O2S2. The Balaban J connectivity index is 1.25. The second-order valence-corrected chi connectivity index (χ2v) is 8.39. The number of benzene rings is 2. The van der Waals surface area contributed by atoms with Crippen LogP contribution in [0.2, 0.25) is 0 Å². The Bertz CT molecular complexity index is 1060. The molecule has 4 rings (SSSR count). The predicted molar refractivity (Wildman–Crippen MR) is 120 cm³/mol. The van der Waals surface area contributed by atoms with Crippen LogP contribution in [0.5, 0.6) is 11.5 Å². The molecule has 0 aliphatic heterocycles. The van der Waals surface area contributed by atoms with Gasteiger partial charge in [-0.15, -0.1) is 21.5 Å². The number of nitrogens with one attached hydrogen (secondary N) is 1. The highest BCUT2D eigenvalue weighted by atomic mass is 32.2. The standard InChI is InChI=1S/C22H20N4O2S2/c27-21(15-30-22-25-23-16-26(22)13-12-20-7-4-14-29-20)24-17-8-10-19(11-9-17)28-18-5-2-1-3-6-18/h1-11,14,16H,12-13,15H2,(H,24,27). The minimum atomic E-state index is -0.0930. The number of hydrogen-bond donors (Lipinski definition) is 1. The zero-order chi connectivity index (χ0) is 20.6. The Morgan fingerprint density at radius 1 is 1.03 bits per heavy atom. The maximum Gasteiger partial charge on any atom is 0.234 e. The number of thioether (sulfide) groups is 1. The maximum absolute atomic E-state index is 12.3. The Morgan fingerprint density at radius 2 is 1.83 bits per heavy atom. The van der Waals surface area contributed by atoms with Crippen LogP contribution in [0.1, 0.15) is 4.88 Å². The minimum Gasteiger partial charge on any atom is -0.457 e. The molecule has 1 amide bonds. The van der Waals surface area contributed by atoms with E-state index in [-0.39, 0.29) is 11.7 Å². The van der Waals surface area contributed by atoms with Crippen LogP contribution in [0.15, 0.2) is 83.6 Å². The molecule has 2 heterocycles. The molecule has 8 heteroatoms. The number of amides is 1. The highest BCUT2D eigenvalue weighted by Gasteiger charge is 2.10. The molecule has 0 unspecified atom stereocenters. The molecule has 4 aromatic rings. The fraction of sp³-hybridized carbons (Fsp3) is 0.136. The fourth-order valence-electron chi connectivity index (χ4n) is 2.75. The van der Waals surface area contributed by atoms with Gasteiger partial charge in [0.2, 0.25) is 5.91 Å². The van der Waals surface area contributed by atoms with Gasteiger partial charge < -0.3 is 14.6 Å². The first-order valence-electron chi connectivity index (χ1n) is 9.42. The average Bonchev–Trinajstić information content (AvgIpc) is 3.45. The average molecular weight is 437 g/mol. The summed E-state index contributed by atoms with van der Waals surface area (Å²) in [5.74, 6) is 1.66. The highest BCUT2D eigenvalue weighted by molar-refractivity contribution is 7.99. The van der Waals surface area contributed by atoms with E-state index in [9.17, 15) is 4.79 Å². The summed E-state index contributed by atoms with van der Waals surface area (Å²) in [4.78, 5) is 13.6. The van der Waals surface area contributed by atoms with Crippen molar-refractivity contribution in [3.63, 3.8) is 0 Å². The molecule has 0 saturated carbocycles. The molecule has 1 N–H and O–H groups in total. The number of rotatable bonds is 9. The summed E-state index contributed by atoms with van der Waals surface area (Å²) in [5, 5.41) is 13.8. The van der Waals surface area contributed by atoms with E-state index in [0.717, 1.165) is 29.6 Å². The monoisotopic (exact) mass is 436 g/mol. The minimum absolute atomic E-state index is 0.0930. The van der Waals surface area contributed by atoms with Crippen molar-refractivity contribution in [1.82, 2.24) is 14.8 Å². The molecule has 0 fully saturated rings. The number of hydrogen-bond acceptors (Lipinski definition) is 6. The van der Waals surface area contributed by atoms with Gasteiger partial charge in [0.25, 0.3) is 0 Å². The summed E-state index contributed by atoms with van der Waals surface area (Å²) in [7, 11) is 0. The van der Waals surface area contributed by atoms with Gasteiger partial charge in [-0.05, 0) is 54.3 Å². The summed E-state index contributed by atoms with van der Waals surface area (Å²) < 4.78 is 7.74. The summed E-state index contributed by atoms with van der Waals surface area (Å²) in [6.45, 7) is 0.792. The molecular weight excluding hydrogens is 416 g/mol. The van der Waals surface area contributed by atoms with E-state index in [1.807, 2.05) is 65.2 Å². The van der Waals surface area contributed by atoms with E-state index in [0.29, 0.717) is 5.75 Å². The molecule has 0 aliphatic rings. The van der Waals surface area contributed by atoms with Crippen LogP contribution in [-0.2, 0) is 17.8 Å². The number of aryl methyl sites for hydroxylation is 2. The molecule has 6 nitrogen and oxygen atoms in total. The zero-order valence-electron chi connectivity index (χ0n) is 16.1. The Labute approximate surface area is 182 Å². The van der Waals surface area contributed by atoms with Crippen LogP contribution in [0.3, 0.4) is 0 Å². The maximum atomic E-state index is 12.3. The van der Waals surface area contributed by atoms with E-state index in [2.05, 4.69) is 27.0 Å². The van der Waals surface area contributed by atoms with Gasteiger partial charge in [-0.2, -0.15) is 0 Å². The molecule has 152 valence electrons. The van der Waals surface area contributed by atoms with Gasteiger partial charge in [0.05, 0.1) is 5.75 Å². The fourth-order valence-corrected chi connectivity index (χ4v) is 4.19. The van der Waals surface area contributed by atoms with Crippen molar-refractivity contribution >= 4 is 34.7 Å². The van der Waals surface area contributed by atoms with Crippen LogP contribution >= 0.6 is 23.1 Å². The lowest BCUT2D eigenvalue weighted by atomic mass is 10.3.